The van der Waals surface area contributed by atoms with Gasteiger partial charge in [-0.3, -0.25) is 0 Å². The number of hydrogen-bond acceptors (Lipinski definition) is 4. The molecule has 0 unspecified atom stereocenters. The van der Waals surface area contributed by atoms with Crippen molar-refractivity contribution in [1.82, 2.24) is 0 Å². The van der Waals surface area contributed by atoms with E-state index in [1.165, 1.54) is 101 Å². The first-order valence-electron chi connectivity index (χ1n) is 8.58. The van der Waals surface area contributed by atoms with Crippen LogP contribution in [0.25, 0.3) is 0 Å². The van der Waals surface area contributed by atoms with Gasteiger partial charge < -0.3 is 0 Å². The first-order chi connectivity index (χ1) is 10.0. The fraction of sp³-hybridized carbons (Fsp3) is 1.00. The molecule has 120 valence electrons. The van der Waals surface area contributed by atoms with Gasteiger partial charge in [-0.15, -0.1) is 0 Å². The molecule has 1 heterocycles. The van der Waals surface area contributed by atoms with E-state index in [1.807, 2.05) is 19.7 Å². The molecule has 0 aromatic carbocycles. The maximum Gasteiger partial charge on any atom is 0.00454 e. The average molecular weight is 353 g/mol. The van der Waals surface area contributed by atoms with Gasteiger partial charge in [0.05, 0.1) is 0 Å². The van der Waals surface area contributed by atoms with Crippen molar-refractivity contribution < 1.29 is 0 Å². The third-order valence-electron chi connectivity index (χ3n) is 3.83. The molecule has 0 radical (unpaired) electrons. The van der Waals surface area contributed by atoms with Gasteiger partial charge in [0.25, 0.3) is 0 Å². The van der Waals surface area contributed by atoms with Gasteiger partial charge in [-0.25, -0.2) is 0 Å². The summed E-state index contributed by atoms with van der Waals surface area (Å²) in [5.74, 6) is 2.69. The molecule has 0 N–H and O–H groups in total. The Morgan fingerprint density at radius 2 is 0.550 bits per heavy atom. The molecular formula is C16H32S4. The van der Waals surface area contributed by atoms with E-state index < -0.39 is 0 Å². The Bertz CT molecular complexity index is 101. The molecule has 0 aliphatic carbocycles. The second-order valence-corrected chi connectivity index (χ2v) is 12.0. The molecule has 1 saturated heterocycles. The molecule has 0 saturated carbocycles. The van der Waals surface area contributed by atoms with Crippen LogP contribution in [0.1, 0.15) is 89.9 Å². The normalized spacial score (nSPS) is 24.0. The molecule has 20 heavy (non-hydrogen) atoms. The Kier molecular flexibility index (Phi) is 16.3. The van der Waals surface area contributed by atoms with Crippen LogP contribution in [-0.2, 0) is 0 Å². The van der Waals surface area contributed by atoms with Crippen LogP contribution in [0.4, 0.5) is 0 Å². The summed E-state index contributed by atoms with van der Waals surface area (Å²) in [5.41, 5.74) is 0. The average Bonchev–Trinajstić information content (AvgIpc) is 2.46. The lowest BCUT2D eigenvalue weighted by atomic mass is 10.0. The van der Waals surface area contributed by atoms with Crippen molar-refractivity contribution in [3.8, 4) is 0 Å². The van der Waals surface area contributed by atoms with E-state index in [0.29, 0.717) is 0 Å². The Labute approximate surface area is 142 Å². The topological polar surface area (TPSA) is 0 Å². The van der Waals surface area contributed by atoms with Gasteiger partial charge in [-0.05, 0) is 32.5 Å². The maximum atomic E-state index is 2.06. The molecule has 0 spiro atoms. The van der Waals surface area contributed by atoms with E-state index in [9.17, 15) is 0 Å². The van der Waals surface area contributed by atoms with Crippen molar-refractivity contribution in [2.45, 2.75) is 89.9 Å². The van der Waals surface area contributed by atoms with E-state index in [1.54, 1.807) is 0 Å². The van der Waals surface area contributed by atoms with Gasteiger partial charge in [-0.2, -0.15) is 0 Å². The second-order valence-electron chi connectivity index (χ2n) is 5.73. The van der Waals surface area contributed by atoms with Crippen molar-refractivity contribution in [3.63, 3.8) is 0 Å². The summed E-state index contributed by atoms with van der Waals surface area (Å²) in [5, 5.41) is 0. The van der Waals surface area contributed by atoms with E-state index in [2.05, 4.69) is 21.6 Å². The lowest BCUT2D eigenvalue weighted by Crippen LogP contribution is -1.84. The molecule has 0 amide bonds. The van der Waals surface area contributed by atoms with Gasteiger partial charge in [0, 0.05) is 11.5 Å². The first kappa shape index (κ1) is 19.4. The van der Waals surface area contributed by atoms with Crippen LogP contribution in [0.15, 0.2) is 0 Å². The SMILES string of the molecule is C1CCCCCCCCSSSSCCCCCCC1. The minimum atomic E-state index is 1.35. The zero-order valence-corrected chi connectivity index (χ0v) is 16.2. The summed E-state index contributed by atoms with van der Waals surface area (Å²) in [6.45, 7) is 0. The highest BCUT2D eigenvalue weighted by atomic mass is 33.7. The summed E-state index contributed by atoms with van der Waals surface area (Å²) in [6, 6.07) is 0. The minimum Gasteiger partial charge on any atom is -0.0817 e. The first-order valence-corrected chi connectivity index (χ1v) is 13.7. The van der Waals surface area contributed by atoms with Crippen LogP contribution in [0.2, 0.25) is 0 Å². The molecular weight excluding hydrogens is 320 g/mol. The molecule has 1 rings (SSSR count). The minimum absolute atomic E-state index is 1.35. The smallest absolute Gasteiger partial charge is 0.00454 e. The number of rotatable bonds is 0. The van der Waals surface area contributed by atoms with Crippen molar-refractivity contribution in [2.75, 3.05) is 11.5 Å². The highest BCUT2D eigenvalue weighted by molar-refractivity contribution is 9.26. The van der Waals surface area contributed by atoms with Crippen LogP contribution in [-0.4, -0.2) is 11.5 Å². The van der Waals surface area contributed by atoms with Crippen molar-refractivity contribution >= 4 is 41.2 Å². The van der Waals surface area contributed by atoms with Crippen LogP contribution in [0.5, 0.6) is 0 Å². The molecule has 4 heteroatoms. The Hall–Kier alpha value is 1.40. The zero-order valence-electron chi connectivity index (χ0n) is 12.9. The highest BCUT2D eigenvalue weighted by Gasteiger charge is 1.97. The van der Waals surface area contributed by atoms with Crippen molar-refractivity contribution in [2.24, 2.45) is 0 Å². The molecule has 0 bridgehead atoms. The third-order valence-corrected chi connectivity index (χ3v) is 10.5. The van der Waals surface area contributed by atoms with Gasteiger partial charge in [0.15, 0.2) is 0 Å². The van der Waals surface area contributed by atoms with Crippen LogP contribution in [0, 0.1) is 0 Å². The second kappa shape index (κ2) is 16.8. The molecule has 0 aromatic heterocycles. The van der Waals surface area contributed by atoms with Gasteiger partial charge >= 0.3 is 0 Å². The molecule has 0 aromatic rings. The predicted molar refractivity (Wildman–Crippen MR) is 105 cm³/mol. The zero-order chi connectivity index (χ0) is 14.1. The largest absolute Gasteiger partial charge is 0.0817 e. The van der Waals surface area contributed by atoms with Gasteiger partial charge in [-0.1, -0.05) is 98.6 Å². The van der Waals surface area contributed by atoms with E-state index in [4.69, 9.17) is 0 Å². The molecule has 1 aliphatic rings. The lowest BCUT2D eigenvalue weighted by Gasteiger charge is -2.05. The Balaban J connectivity index is 2.00. The van der Waals surface area contributed by atoms with Gasteiger partial charge in [0.1, 0.15) is 0 Å². The maximum absolute atomic E-state index is 2.06. The van der Waals surface area contributed by atoms with Crippen molar-refractivity contribution in [1.29, 1.82) is 0 Å². The summed E-state index contributed by atoms with van der Waals surface area (Å²) >= 11 is 0. The quantitative estimate of drug-likeness (QED) is 0.403. The summed E-state index contributed by atoms with van der Waals surface area (Å²) < 4.78 is 0. The lowest BCUT2D eigenvalue weighted by molar-refractivity contribution is 0.539. The highest BCUT2D eigenvalue weighted by Crippen LogP contribution is 2.43. The molecule has 0 atom stereocenters. The molecule has 1 fully saturated rings. The fourth-order valence-electron chi connectivity index (χ4n) is 2.55. The third kappa shape index (κ3) is 14.3. The van der Waals surface area contributed by atoms with Crippen molar-refractivity contribution in [3.05, 3.63) is 0 Å². The summed E-state index contributed by atoms with van der Waals surface area (Å²) in [6.07, 6.45) is 20.5. The Morgan fingerprint density at radius 1 is 0.300 bits per heavy atom. The fourth-order valence-corrected chi connectivity index (χ4v) is 8.81. The van der Waals surface area contributed by atoms with Crippen LogP contribution >= 0.6 is 41.2 Å². The molecule has 1 aliphatic heterocycles. The summed E-state index contributed by atoms with van der Waals surface area (Å²) in [7, 11) is 8.12. The summed E-state index contributed by atoms with van der Waals surface area (Å²) in [4.78, 5) is 0. The van der Waals surface area contributed by atoms with E-state index >= 15 is 0 Å². The van der Waals surface area contributed by atoms with E-state index in [0.717, 1.165) is 0 Å². The standard InChI is InChI=1S/C16H32S4/c1-2-4-6-8-10-12-14-16-18-20-19-17-15-13-11-9-7-5-3-1/h1-16H2. The van der Waals surface area contributed by atoms with E-state index in [-0.39, 0.29) is 0 Å². The van der Waals surface area contributed by atoms with Gasteiger partial charge in [0.2, 0.25) is 0 Å². The number of hydrogen-bond donors (Lipinski definition) is 0. The van der Waals surface area contributed by atoms with Crippen LogP contribution in [0.3, 0.4) is 0 Å². The van der Waals surface area contributed by atoms with Crippen LogP contribution < -0.4 is 0 Å². The molecule has 0 nitrogen and oxygen atoms in total. The predicted octanol–water partition coefficient (Wildman–Crippen LogP) is 8.14. The monoisotopic (exact) mass is 352 g/mol. The Morgan fingerprint density at radius 3 is 0.850 bits per heavy atom.